The van der Waals surface area contributed by atoms with Crippen LogP contribution in [0.15, 0.2) is 18.2 Å². The summed E-state index contributed by atoms with van der Waals surface area (Å²) < 4.78 is 0. The first-order valence-corrected chi connectivity index (χ1v) is 6.95. The number of nitrogens with one attached hydrogen (secondary N) is 2. The molecule has 1 aromatic carbocycles. The molecule has 1 aliphatic rings. The Labute approximate surface area is 118 Å². The van der Waals surface area contributed by atoms with Gasteiger partial charge in [0.1, 0.15) is 0 Å². The van der Waals surface area contributed by atoms with Gasteiger partial charge < -0.3 is 15.7 Å². The number of carbonyl (C=O) groups is 2. The normalized spacial score (nSPS) is 14.2. The van der Waals surface area contributed by atoms with E-state index in [1.165, 1.54) is 5.56 Å². The number of fused-ring (bicyclic) bond motifs is 1. The van der Waals surface area contributed by atoms with Gasteiger partial charge in [0, 0.05) is 30.3 Å². The van der Waals surface area contributed by atoms with Gasteiger partial charge in [-0.05, 0) is 43.9 Å². The molecule has 2 rings (SSSR count). The Morgan fingerprint density at radius 1 is 1.45 bits per heavy atom. The molecule has 1 heterocycles. The Morgan fingerprint density at radius 2 is 2.25 bits per heavy atom. The number of carbonyl (C=O) groups excluding carboxylic acids is 1. The van der Waals surface area contributed by atoms with Crippen LogP contribution in [0.25, 0.3) is 0 Å². The van der Waals surface area contributed by atoms with Crippen molar-refractivity contribution in [2.24, 2.45) is 0 Å². The van der Waals surface area contributed by atoms with Crippen molar-refractivity contribution in [1.82, 2.24) is 5.32 Å². The van der Waals surface area contributed by atoms with Gasteiger partial charge in [-0.2, -0.15) is 0 Å². The highest BCUT2D eigenvalue weighted by atomic mass is 16.4. The summed E-state index contributed by atoms with van der Waals surface area (Å²) in [6.07, 6.45) is 2.38. The fraction of sp³-hybridized carbons (Fsp3) is 0.467. The van der Waals surface area contributed by atoms with E-state index in [4.69, 9.17) is 5.11 Å². The molecule has 1 unspecified atom stereocenters. The number of benzene rings is 1. The zero-order valence-electron chi connectivity index (χ0n) is 11.6. The Bertz CT molecular complexity index is 514. The van der Waals surface area contributed by atoms with Crippen molar-refractivity contribution in [1.29, 1.82) is 0 Å². The van der Waals surface area contributed by atoms with Gasteiger partial charge in [-0.15, -0.1) is 0 Å². The molecule has 1 atom stereocenters. The highest BCUT2D eigenvalue weighted by molar-refractivity contribution is 5.95. The number of anilines is 1. The second kappa shape index (κ2) is 6.41. The summed E-state index contributed by atoms with van der Waals surface area (Å²) in [5.74, 6) is -0.905. The smallest absolute Gasteiger partial charge is 0.303 e. The molecule has 0 fully saturated rings. The van der Waals surface area contributed by atoms with Gasteiger partial charge in [-0.25, -0.2) is 0 Å². The number of rotatable bonds is 6. The quantitative estimate of drug-likeness (QED) is 0.743. The predicted molar refractivity (Wildman–Crippen MR) is 77.1 cm³/mol. The minimum Gasteiger partial charge on any atom is -0.481 e. The first-order valence-electron chi connectivity index (χ1n) is 6.95. The lowest BCUT2D eigenvalue weighted by Crippen LogP contribution is -2.32. The lowest BCUT2D eigenvalue weighted by Gasteiger charge is -2.14. The molecule has 5 heteroatoms. The van der Waals surface area contributed by atoms with Crippen LogP contribution in [0, 0.1) is 0 Å². The van der Waals surface area contributed by atoms with Crippen LogP contribution in [0.1, 0.15) is 42.1 Å². The van der Waals surface area contributed by atoms with Gasteiger partial charge >= 0.3 is 5.97 Å². The van der Waals surface area contributed by atoms with Gasteiger partial charge in [0.05, 0.1) is 0 Å². The Hall–Kier alpha value is -2.04. The summed E-state index contributed by atoms with van der Waals surface area (Å²) in [6.45, 7) is 2.82. The van der Waals surface area contributed by atoms with Crippen molar-refractivity contribution in [3.05, 3.63) is 29.3 Å². The second-order valence-electron chi connectivity index (χ2n) is 5.21. The third kappa shape index (κ3) is 3.73. The molecule has 20 heavy (non-hydrogen) atoms. The largest absolute Gasteiger partial charge is 0.481 e. The summed E-state index contributed by atoms with van der Waals surface area (Å²) in [4.78, 5) is 22.5. The van der Waals surface area contributed by atoms with Gasteiger partial charge in [0.15, 0.2) is 0 Å². The van der Waals surface area contributed by atoms with Crippen molar-refractivity contribution < 1.29 is 14.7 Å². The number of aliphatic carboxylic acids is 1. The third-order valence-electron chi connectivity index (χ3n) is 3.49. The molecule has 0 saturated heterocycles. The number of hydrogen-bond donors (Lipinski definition) is 3. The standard InChI is InChI=1S/C15H20N2O3/c1-10(3-2-4-14(18)19)17-15(20)12-6-5-11-7-8-16-13(11)9-12/h5-6,9-10,16H,2-4,7-8H2,1H3,(H,17,20)(H,18,19). The molecule has 1 amide bonds. The molecule has 0 aliphatic carbocycles. The zero-order valence-corrected chi connectivity index (χ0v) is 11.6. The Morgan fingerprint density at radius 3 is 3.00 bits per heavy atom. The van der Waals surface area contributed by atoms with E-state index in [1.807, 2.05) is 25.1 Å². The second-order valence-corrected chi connectivity index (χ2v) is 5.21. The molecule has 108 valence electrons. The molecule has 0 bridgehead atoms. The maximum absolute atomic E-state index is 12.1. The molecule has 0 spiro atoms. The average Bonchev–Trinajstić information content (AvgIpc) is 2.85. The van der Waals surface area contributed by atoms with Gasteiger partial charge in [0.25, 0.3) is 5.91 Å². The molecule has 1 aromatic rings. The third-order valence-corrected chi connectivity index (χ3v) is 3.49. The van der Waals surface area contributed by atoms with Crippen LogP contribution in [0.2, 0.25) is 0 Å². The molecule has 5 nitrogen and oxygen atoms in total. The summed E-state index contributed by atoms with van der Waals surface area (Å²) in [6, 6.07) is 5.68. The fourth-order valence-corrected chi connectivity index (χ4v) is 2.37. The molecule has 0 saturated carbocycles. The van der Waals surface area contributed by atoms with Crippen LogP contribution in [-0.4, -0.2) is 29.6 Å². The van der Waals surface area contributed by atoms with E-state index in [9.17, 15) is 9.59 Å². The molecular formula is C15H20N2O3. The lowest BCUT2D eigenvalue weighted by atomic mass is 10.1. The number of carboxylic acids is 1. The molecule has 3 N–H and O–H groups in total. The van der Waals surface area contributed by atoms with Crippen molar-refractivity contribution in [2.75, 3.05) is 11.9 Å². The minimum atomic E-state index is -0.798. The number of amides is 1. The SMILES string of the molecule is CC(CCCC(=O)O)NC(=O)c1ccc2c(c1)NCC2. The molecular weight excluding hydrogens is 256 g/mol. The van der Waals surface area contributed by atoms with Crippen LogP contribution < -0.4 is 10.6 Å². The van der Waals surface area contributed by atoms with E-state index in [-0.39, 0.29) is 18.4 Å². The summed E-state index contributed by atoms with van der Waals surface area (Å²) in [7, 11) is 0. The fourth-order valence-electron chi connectivity index (χ4n) is 2.37. The van der Waals surface area contributed by atoms with Gasteiger partial charge in [-0.1, -0.05) is 6.07 Å². The number of carboxylic acid groups (broad SMARTS) is 1. The van der Waals surface area contributed by atoms with Crippen molar-refractivity contribution in [3.8, 4) is 0 Å². The topological polar surface area (TPSA) is 78.4 Å². The first kappa shape index (κ1) is 14.4. The van der Waals surface area contributed by atoms with Crippen LogP contribution >= 0.6 is 0 Å². The first-order chi connectivity index (χ1) is 9.56. The van der Waals surface area contributed by atoms with Crippen molar-refractivity contribution in [3.63, 3.8) is 0 Å². The summed E-state index contributed by atoms with van der Waals surface area (Å²) in [5, 5.41) is 14.7. The molecule has 0 radical (unpaired) electrons. The van der Waals surface area contributed by atoms with E-state index in [0.717, 1.165) is 18.7 Å². The zero-order chi connectivity index (χ0) is 14.5. The monoisotopic (exact) mass is 276 g/mol. The van der Waals surface area contributed by atoms with E-state index < -0.39 is 5.97 Å². The van der Waals surface area contributed by atoms with Gasteiger partial charge in [0.2, 0.25) is 0 Å². The maximum atomic E-state index is 12.1. The molecule has 1 aliphatic heterocycles. The van der Waals surface area contributed by atoms with E-state index >= 15 is 0 Å². The highest BCUT2D eigenvalue weighted by Gasteiger charge is 2.14. The van der Waals surface area contributed by atoms with Gasteiger partial charge in [-0.3, -0.25) is 9.59 Å². The van der Waals surface area contributed by atoms with Crippen LogP contribution in [0.5, 0.6) is 0 Å². The summed E-state index contributed by atoms with van der Waals surface area (Å²) >= 11 is 0. The predicted octanol–water partition coefficient (Wildman–Crippen LogP) is 2.03. The van der Waals surface area contributed by atoms with Crippen LogP contribution in [0.4, 0.5) is 5.69 Å². The minimum absolute atomic E-state index is 0.0249. The van der Waals surface area contributed by atoms with E-state index in [2.05, 4.69) is 10.6 Å². The van der Waals surface area contributed by atoms with Crippen molar-refractivity contribution in [2.45, 2.75) is 38.6 Å². The highest BCUT2D eigenvalue weighted by Crippen LogP contribution is 2.23. The average molecular weight is 276 g/mol. The maximum Gasteiger partial charge on any atom is 0.303 e. The van der Waals surface area contributed by atoms with Crippen LogP contribution in [-0.2, 0) is 11.2 Å². The van der Waals surface area contributed by atoms with E-state index in [1.54, 1.807) is 0 Å². The van der Waals surface area contributed by atoms with Crippen molar-refractivity contribution >= 4 is 17.6 Å². The summed E-state index contributed by atoms with van der Waals surface area (Å²) in [5.41, 5.74) is 2.93. The molecule has 0 aromatic heterocycles. The Balaban J connectivity index is 1.86. The lowest BCUT2D eigenvalue weighted by molar-refractivity contribution is -0.137. The number of hydrogen-bond acceptors (Lipinski definition) is 3. The van der Waals surface area contributed by atoms with E-state index in [0.29, 0.717) is 18.4 Å². The van der Waals surface area contributed by atoms with Crippen LogP contribution in [0.3, 0.4) is 0 Å². The Kier molecular flexibility index (Phi) is 4.61.